The van der Waals surface area contributed by atoms with E-state index in [4.69, 9.17) is 5.73 Å². The molecule has 0 saturated carbocycles. The zero-order valence-corrected chi connectivity index (χ0v) is 29.5. The van der Waals surface area contributed by atoms with Crippen molar-refractivity contribution in [2.24, 2.45) is 5.73 Å². The molecule has 0 bridgehead atoms. The number of benzene rings is 6. The van der Waals surface area contributed by atoms with E-state index in [9.17, 15) is 0 Å². The molecule has 0 aliphatic carbocycles. The van der Waals surface area contributed by atoms with Crippen molar-refractivity contribution < 1.29 is 0 Å². The van der Waals surface area contributed by atoms with Crippen molar-refractivity contribution in [2.75, 3.05) is 4.90 Å². The molecule has 0 atom stereocenters. The minimum absolute atomic E-state index is 0.106. The van der Waals surface area contributed by atoms with Crippen LogP contribution in [0.1, 0.15) is 84.9 Å². The Labute approximate surface area is 282 Å². The summed E-state index contributed by atoms with van der Waals surface area (Å²) in [4.78, 5) is 2.38. The van der Waals surface area contributed by atoms with Crippen LogP contribution in [0.25, 0.3) is 32.7 Å². The van der Waals surface area contributed by atoms with Crippen molar-refractivity contribution in [3.05, 3.63) is 138 Å². The van der Waals surface area contributed by atoms with E-state index in [-0.39, 0.29) is 16.4 Å². The monoisotopic (exact) mass is 618 g/mol. The first-order valence-electron chi connectivity index (χ1n) is 17.2. The molecule has 2 nitrogen and oxygen atoms in total. The minimum atomic E-state index is -0.350. The molecule has 0 unspecified atom stereocenters. The fourth-order valence-electron chi connectivity index (χ4n) is 6.71. The smallest absolute Gasteiger partial charge is 0.0468 e. The zero-order chi connectivity index (χ0) is 33.6. The van der Waals surface area contributed by atoms with Gasteiger partial charge in [-0.1, -0.05) is 140 Å². The number of rotatable bonds is 7. The predicted octanol–water partition coefficient (Wildman–Crippen LogP) is 12.7. The highest BCUT2D eigenvalue weighted by Crippen LogP contribution is 2.41. The van der Waals surface area contributed by atoms with Crippen molar-refractivity contribution in [3.8, 4) is 11.1 Å². The maximum absolute atomic E-state index is 6.93. The molecule has 0 heterocycles. The average Bonchev–Trinajstić information content (AvgIpc) is 3.07. The summed E-state index contributed by atoms with van der Waals surface area (Å²) in [5.41, 5.74) is 16.5. The van der Waals surface area contributed by atoms with Crippen LogP contribution in [0.3, 0.4) is 0 Å². The lowest BCUT2D eigenvalue weighted by Crippen LogP contribution is -2.35. The van der Waals surface area contributed by atoms with Crippen LogP contribution in [0.15, 0.2) is 121 Å². The van der Waals surface area contributed by atoms with E-state index in [0.29, 0.717) is 0 Å². The van der Waals surface area contributed by atoms with Crippen LogP contribution in [0.2, 0.25) is 0 Å². The van der Waals surface area contributed by atoms with Gasteiger partial charge in [0.05, 0.1) is 0 Å². The predicted molar refractivity (Wildman–Crippen MR) is 205 cm³/mol. The molecule has 0 fully saturated rings. The van der Waals surface area contributed by atoms with E-state index in [2.05, 4.69) is 182 Å². The van der Waals surface area contributed by atoms with E-state index in [1.165, 1.54) is 49.4 Å². The maximum atomic E-state index is 6.93. The SMILES string of the molecule is CCC(N)(CC)c1ccccc1-c1ccc(N(c2ccc3cc(C(C)(C)C)ccc3c2)c2ccc3cc(C(C)(C)C)ccc3c2)cc1. The molecule has 0 aliphatic rings. The number of nitrogens with two attached hydrogens (primary N) is 1. The highest BCUT2D eigenvalue weighted by atomic mass is 15.1. The van der Waals surface area contributed by atoms with Gasteiger partial charge in [0, 0.05) is 22.6 Å². The van der Waals surface area contributed by atoms with Gasteiger partial charge in [-0.3, -0.25) is 0 Å². The summed E-state index contributed by atoms with van der Waals surface area (Å²) in [5, 5.41) is 5.00. The second kappa shape index (κ2) is 12.3. The zero-order valence-electron chi connectivity index (χ0n) is 29.5. The Morgan fingerprint density at radius 1 is 0.489 bits per heavy atom. The molecule has 0 amide bonds. The maximum Gasteiger partial charge on any atom is 0.0468 e. The Bertz CT molecular complexity index is 1940. The molecular weight excluding hydrogens is 569 g/mol. The molecule has 6 aromatic carbocycles. The number of anilines is 3. The van der Waals surface area contributed by atoms with Gasteiger partial charge in [0.25, 0.3) is 0 Å². The molecule has 6 rings (SSSR count). The van der Waals surface area contributed by atoms with Crippen LogP contribution in [0.5, 0.6) is 0 Å². The molecule has 2 N–H and O–H groups in total. The Morgan fingerprint density at radius 2 is 0.915 bits per heavy atom. The Balaban J connectivity index is 1.48. The average molecular weight is 619 g/mol. The summed E-state index contributed by atoms with van der Waals surface area (Å²) in [7, 11) is 0. The topological polar surface area (TPSA) is 29.3 Å². The molecule has 0 aliphatic heterocycles. The highest BCUT2D eigenvalue weighted by molar-refractivity contribution is 5.93. The van der Waals surface area contributed by atoms with Gasteiger partial charge in [-0.05, 0) is 109 Å². The first kappa shape index (κ1) is 32.5. The molecule has 47 heavy (non-hydrogen) atoms. The molecular formula is C45H50N2. The van der Waals surface area contributed by atoms with Crippen molar-refractivity contribution in [1.29, 1.82) is 0 Å². The lowest BCUT2D eigenvalue weighted by Gasteiger charge is -2.30. The normalized spacial score (nSPS) is 12.5. The van der Waals surface area contributed by atoms with Gasteiger partial charge < -0.3 is 10.6 Å². The van der Waals surface area contributed by atoms with Crippen LogP contribution >= 0.6 is 0 Å². The van der Waals surface area contributed by atoms with Crippen LogP contribution < -0.4 is 10.6 Å². The number of fused-ring (bicyclic) bond motifs is 2. The number of hydrogen-bond donors (Lipinski definition) is 1. The quantitative estimate of drug-likeness (QED) is 0.193. The largest absolute Gasteiger partial charge is 0.321 e. The first-order chi connectivity index (χ1) is 22.3. The van der Waals surface area contributed by atoms with Crippen molar-refractivity contribution in [3.63, 3.8) is 0 Å². The summed E-state index contributed by atoms with van der Waals surface area (Å²) in [5.74, 6) is 0. The Morgan fingerprint density at radius 3 is 1.38 bits per heavy atom. The van der Waals surface area contributed by atoms with Crippen molar-refractivity contribution >= 4 is 38.6 Å². The van der Waals surface area contributed by atoms with E-state index < -0.39 is 0 Å². The molecule has 6 aromatic rings. The summed E-state index contributed by atoms with van der Waals surface area (Å²) < 4.78 is 0. The molecule has 0 saturated heterocycles. The summed E-state index contributed by atoms with van der Waals surface area (Å²) in [6.45, 7) is 18.0. The lowest BCUT2D eigenvalue weighted by atomic mass is 9.81. The van der Waals surface area contributed by atoms with Crippen molar-refractivity contribution in [1.82, 2.24) is 0 Å². The fraction of sp³-hybridized carbons (Fsp3) is 0.289. The van der Waals surface area contributed by atoms with Crippen LogP contribution in [0.4, 0.5) is 17.1 Å². The summed E-state index contributed by atoms with van der Waals surface area (Å²) in [6.07, 6.45) is 1.79. The first-order valence-corrected chi connectivity index (χ1v) is 17.2. The minimum Gasteiger partial charge on any atom is -0.321 e. The summed E-state index contributed by atoms with van der Waals surface area (Å²) >= 11 is 0. The lowest BCUT2D eigenvalue weighted by molar-refractivity contribution is 0.414. The van der Waals surface area contributed by atoms with Crippen molar-refractivity contribution in [2.45, 2.75) is 84.6 Å². The van der Waals surface area contributed by atoms with Gasteiger partial charge >= 0.3 is 0 Å². The molecule has 2 heteroatoms. The fourth-order valence-corrected chi connectivity index (χ4v) is 6.71. The van der Waals surface area contributed by atoms with Crippen LogP contribution in [-0.2, 0) is 16.4 Å². The molecule has 0 aromatic heterocycles. The van der Waals surface area contributed by atoms with Crippen LogP contribution in [0, 0.1) is 0 Å². The van der Waals surface area contributed by atoms with Gasteiger partial charge in [0.15, 0.2) is 0 Å². The Hall–Kier alpha value is -4.40. The standard InChI is InChI=1S/C45H50N2/c1-9-45(46,10-2)42-14-12-11-13-41(42)31-17-23-38(24-18-31)47(39-25-19-32-27-36(43(3,4)5)21-15-34(32)29-39)40-26-20-33-28-37(44(6,7)8)22-16-35(33)30-40/h11-30H,9-10,46H2,1-8H3. The highest BCUT2D eigenvalue weighted by Gasteiger charge is 2.26. The van der Waals surface area contributed by atoms with Gasteiger partial charge in [0.2, 0.25) is 0 Å². The molecule has 240 valence electrons. The van der Waals surface area contributed by atoms with E-state index in [1.54, 1.807) is 0 Å². The molecule has 0 radical (unpaired) electrons. The number of nitrogens with zero attached hydrogens (tertiary/aromatic N) is 1. The number of hydrogen-bond acceptors (Lipinski definition) is 2. The Kier molecular flexibility index (Phi) is 8.53. The van der Waals surface area contributed by atoms with Gasteiger partial charge in [-0.15, -0.1) is 0 Å². The van der Waals surface area contributed by atoms with Gasteiger partial charge in [-0.2, -0.15) is 0 Å². The van der Waals surface area contributed by atoms with Crippen LogP contribution in [-0.4, -0.2) is 0 Å². The second-order valence-electron chi connectivity index (χ2n) is 15.3. The molecule has 0 spiro atoms. The second-order valence-corrected chi connectivity index (χ2v) is 15.3. The third-order valence-electron chi connectivity index (χ3n) is 10.1. The van der Waals surface area contributed by atoms with E-state index in [1.807, 2.05) is 0 Å². The van der Waals surface area contributed by atoms with E-state index >= 15 is 0 Å². The van der Waals surface area contributed by atoms with E-state index in [0.717, 1.165) is 29.9 Å². The summed E-state index contributed by atoms with van der Waals surface area (Å²) in [6, 6.07) is 45.1. The van der Waals surface area contributed by atoms with Gasteiger partial charge in [0.1, 0.15) is 0 Å². The third-order valence-corrected chi connectivity index (χ3v) is 10.1. The third kappa shape index (κ3) is 6.45. The van der Waals surface area contributed by atoms with Gasteiger partial charge in [-0.25, -0.2) is 0 Å².